The van der Waals surface area contributed by atoms with Gasteiger partial charge in [0, 0.05) is 7.11 Å². The van der Waals surface area contributed by atoms with Gasteiger partial charge in [0.1, 0.15) is 0 Å². The number of rotatable bonds is 7. The van der Waals surface area contributed by atoms with Crippen LogP contribution >= 0.6 is 0 Å². The van der Waals surface area contributed by atoms with Crippen LogP contribution in [0.3, 0.4) is 0 Å². The lowest BCUT2D eigenvalue weighted by Crippen LogP contribution is -2.46. The quantitative estimate of drug-likeness (QED) is 0.527. The predicted octanol–water partition coefficient (Wildman–Crippen LogP) is 2.99. The van der Waals surface area contributed by atoms with Gasteiger partial charge >= 0.3 is 11.9 Å². The number of carbonyl (C=O) groups excluding carboxylic acids is 2. The Labute approximate surface area is 139 Å². The summed E-state index contributed by atoms with van der Waals surface area (Å²) in [5, 5.41) is 0. The first-order chi connectivity index (χ1) is 10.4. The summed E-state index contributed by atoms with van der Waals surface area (Å²) in [5.41, 5.74) is -0.930. The van der Waals surface area contributed by atoms with Crippen molar-refractivity contribution in [3.63, 3.8) is 0 Å². The van der Waals surface area contributed by atoms with Crippen molar-refractivity contribution < 1.29 is 28.5 Å². The van der Waals surface area contributed by atoms with Crippen LogP contribution in [0.2, 0.25) is 0 Å². The molecular weight excluding hydrogens is 300 g/mol. The number of esters is 2. The SMILES string of the molecule is COC(=O)C(C(C(=O)OCOC(C)OC)C(C)(C)C)C(C)(C)C. The molecule has 0 saturated carbocycles. The van der Waals surface area contributed by atoms with Gasteiger partial charge in [-0.15, -0.1) is 0 Å². The van der Waals surface area contributed by atoms with Gasteiger partial charge < -0.3 is 18.9 Å². The molecule has 6 nitrogen and oxygen atoms in total. The lowest BCUT2D eigenvalue weighted by Gasteiger charge is -2.40. The van der Waals surface area contributed by atoms with E-state index in [1.54, 1.807) is 6.92 Å². The third-order valence-electron chi connectivity index (χ3n) is 3.74. The van der Waals surface area contributed by atoms with Crippen molar-refractivity contribution in [3.8, 4) is 0 Å². The van der Waals surface area contributed by atoms with Crippen molar-refractivity contribution in [2.45, 2.75) is 54.8 Å². The van der Waals surface area contributed by atoms with Crippen LogP contribution < -0.4 is 0 Å². The molecule has 0 radical (unpaired) electrons. The second-order valence-electron chi connectivity index (χ2n) is 7.76. The molecule has 0 spiro atoms. The first kappa shape index (κ1) is 21.9. The van der Waals surface area contributed by atoms with E-state index in [1.807, 2.05) is 41.5 Å². The number of methoxy groups -OCH3 is 2. The number of ether oxygens (including phenoxy) is 4. The summed E-state index contributed by atoms with van der Waals surface area (Å²) in [6.45, 7) is 12.9. The van der Waals surface area contributed by atoms with Gasteiger partial charge in [-0.1, -0.05) is 41.5 Å². The van der Waals surface area contributed by atoms with Gasteiger partial charge in [0.25, 0.3) is 0 Å². The molecule has 0 saturated heterocycles. The number of hydrogen-bond acceptors (Lipinski definition) is 6. The standard InChI is InChI=1S/C17H32O6/c1-11(20-8)22-10-23-15(19)13(17(5,6)7)12(14(18)21-9)16(2,3)4/h11-13H,10H2,1-9H3. The third kappa shape index (κ3) is 6.87. The molecule has 0 N–H and O–H groups in total. The Balaban J connectivity index is 5.34. The summed E-state index contributed by atoms with van der Waals surface area (Å²) in [6, 6.07) is 0. The molecule has 0 aromatic heterocycles. The fourth-order valence-corrected chi connectivity index (χ4v) is 2.45. The molecule has 0 fully saturated rings. The molecule has 0 aliphatic rings. The first-order valence-corrected chi connectivity index (χ1v) is 7.75. The molecule has 3 unspecified atom stereocenters. The summed E-state index contributed by atoms with van der Waals surface area (Å²) in [6.07, 6.45) is -0.477. The third-order valence-corrected chi connectivity index (χ3v) is 3.74. The van der Waals surface area contributed by atoms with E-state index in [0.717, 1.165) is 0 Å². The minimum Gasteiger partial charge on any atom is -0.469 e. The largest absolute Gasteiger partial charge is 0.469 e. The van der Waals surface area contributed by atoms with E-state index < -0.39 is 40.9 Å². The molecule has 0 aliphatic carbocycles. The molecule has 136 valence electrons. The highest BCUT2D eigenvalue weighted by atomic mass is 16.8. The van der Waals surface area contributed by atoms with Crippen LogP contribution in [0, 0.1) is 22.7 Å². The maximum atomic E-state index is 12.6. The van der Waals surface area contributed by atoms with Gasteiger partial charge in [-0.05, 0) is 17.8 Å². The highest BCUT2D eigenvalue weighted by molar-refractivity contribution is 5.83. The van der Waals surface area contributed by atoms with Crippen molar-refractivity contribution in [3.05, 3.63) is 0 Å². The van der Waals surface area contributed by atoms with E-state index in [2.05, 4.69) is 0 Å². The molecule has 0 rings (SSSR count). The highest BCUT2D eigenvalue weighted by Crippen LogP contribution is 2.42. The lowest BCUT2D eigenvalue weighted by molar-refractivity contribution is -0.198. The Kier molecular flexibility index (Phi) is 8.21. The van der Waals surface area contributed by atoms with Crippen LogP contribution in [0.25, 0.3) is 0 Å². The van der Waals surface area contributed by atoms with Gasteiger partial charge in [-0.2, -0.15) is 0 Å². The van der Waals surface area contributed by atoms with Crippen LogP contribution in [-0.2, 0) is 28.5 Å². The van der Waals surface area contributed by atoms with Crippen molar-refractivity contribution in [2.75, 3.05) is 21.0 Å². The van der Waals surface area contributed by atoms with Crippen molar-refractivity contribution in [1.29, 1.82) is 0 Å². The van der Waals surface area contributed by atoms with E-state index in [4.69, 9.17) is 18.9 Å². The molecule has 0 aromatic carbocycles. The molecule has 0 bridgehead atoms. The van der Waals surface area contributed by atoms with E-state index in [0.29, 0.717) is 0 Å². The molecule has 3 atom stereocenters. The minimum atomic E-state index is -0.656. The molecule has 23 heavy (non-hydrogen) atoms. The molecular formula is C17H32O6. The highest BCUT2D eigenvalue weighted by Gasteiger charge is 2.48. The second kappa shape index (κ2) is 8.64. The van der Waals surface area contributed by atoms with Crippen molar-refractivity contribution >= 4 is 11.9 Å². The van der Waals surface area contributed by atoms with E-state index in [9.17, 15) is 9.59 Å². The molecule has 0 aromatic rings. The second-order valence-corrected chi connectivity index (χ2v) is 7.76. The lowest BCUT2D eigenvalue weighted by atomic mass is 9.64. The minimum absolute atomic E-state index is 0.224. The normalized spacial score (nSPS) is 16.4. The van der Waals surface area contributed by atoms with Crippen LogP contribution in [-0.4, -0.2) is 39.2 Å². The van der Waals surface area contributed by atoms with Crippen molar-refractivity contribution in [1.82, 2.24) is 0 Å². The zero-order chi connectivity index (χ0) is 18.4. The van der Waals surface area contributed by atoms with Crippen molar-refractivity contribution in [2.24, 2.45) is 22.7 Å². The van der Waals surface area contributed by atoms with E-state index in [-0.39, 0.29) is 6.79 Å². The zero-order valence-corrected chi connectivity index (χ0v) is 15.9. The maximum Gasteiger partial charge on any atom is 0.312 e. The van der Waals surface area contributed by atoms with Gasteiger partial charge in [0.15, 0.2) is 13.1 Å². The maximum absolute atomic E-state index is 12.6. The van der Waals surface area contributed by atoms with Crippen LogP contribution in [0.15, 0.2) is 0 Å². The van der Waals surface area contributed by atoms with Crippen LogP contribution in [0.5, 0.6) is 0 Å². The van der Waals surface area contributed by atoms with Crippen LogP contribution in [0.4, 0.5) is 0 Å². The van der Waals surface area contributed by atoms with E-state index >= 15 is 0 Å². The Morgan fingerprint density at radius 2 is 1.30 bits per heavy atom. The Hall–Kier alpha value is -1.14. The fraction of sp³-hybridized carbons (Fsp3) is 0.882. The Morgan fingerprint density at radius 1 is 0.870 bits per heavy atom. The molecule has 0 heterocycles. The summed E-state index contributed by atoms with van der Waals surface area (Å²) in [4.78, 5) is 24.9. The van der Waals surface area contributed by atoms with Gasteiger partial charge in [-0.3, -0.25) is 9.59 Å². The summed E-state index contributed by atoms with van der Waals surface area (Å²) < 4.78 is 20.3. The average Bonchev–Trinajstić information content (AvgIpc) is 2.40. The molecule has 6 heteroatoms. The van der Waals surface area contributed by atoms with Gasteiger partial charge in [0.05, 0.1) is 18.9 Å². The average molecular weight is 332 g/mol. The summed E-state index contributed by atoms with van der Waals surface area (Å²) >= 11 is 0. The van der Waals surface area contributed by atoms with E-state index in [1.165, 1.54) is 14.2 Å². The predicted molar refractivity (Wildman–Crippen MR) is 86.4 cm³/mol. The van der Waals surface area contributed by atoms with Gasteiger partial charge in [-0.25, -0.2) is 0 Å². The summed E-state index contributed by atoms with van der Waals surface area (Å²) in [5.74, 6) is -2.18. The Morgan fingerprint density at radius 3 is 1.65 bits per heavy atom. The van der Waals surface area contributed by atoms with Gasteiger partial charge in [0.2, 0.25) is 0 Å². The Bertz CT molecular complexity index is 391. The fourth-order valence-electron chi connectivity index (χ4n) is 2.45. The first-order valence-electron chi connectivity index (χ1n) is 7.75. The smallest absolute Gasteiger partial charge is 0.312 e. The molecule has 0 amide bonds. The zero-order valence-electron chi connectivity index (χ0n) is 15.9. The number of carbonyl (C=O) groups is 2. The topological polar surface area (TPSA) is 71.1 Å². The number of hydrogen-bond donors (Lipinski definition) is 0. The summed E-state index contributed by atoms with van der Waals surface area (Å²) in [7, 11) is 2.83. The van der Waals surface area contributed by atoms with Crippen LogP contribution in [0.1, 0.15) is 48.5 Å². The monoisotopic (exact) mass is 332 g/mol. The molecule has 0 aliphatic heterocycles.